The molecule has 0 radical (unpaired) electrons. The van der Waals surface area contributed by atoms with Gasteiger partial charge in [-0.25, -0.2) is 9.67 Å². The zero-order valence-corrected chi connectivity index (χ0v) is 19.6. The van der Waals surface area contributed by atoms with Gasteiger partial charge in [0.15, 0.2) is 0 Å². The molecule has 0 saturated heterocycles. The number of aryl methyl sites for hydroxylation is 2. The third kappa shape index (κ3) is 4.75. The Morgan fingerprint density at radius 3 is 2.49 bits per heavy atom. The van der Waals surface area contributed by atoms with Crippen molar-refractivity contribution in [3.05, 3.63) is 112 Å². The standard InChI is InChI=1S/C28H25N5O2/c1-19-8-6-7-11-23(19)30-27(34)18-33-28(35)15-13-24(31-33)22-12-14-26-25(16-22)29-20(2)32(26)17-21-9-4-3-5-10-21/h3-16H,17-18H2,1-2H3,(H,30,34). The van der Waals surface area contributed by atoms with Gasteiger partial charge in [-0.3, -0.25) is 9.59 Å². The fourth-order valence-electron chi connectivity index (χ4n) is 4.13. The fourth-order valence-corrected chi connectivity index (χ4v) is 4.13. The molecule has 0 aliphatic heterocycles. The zero-order chi connectivity index (χ0) is 24.4. The minimum absolute atomic E-state index is 0.173. The lowest BCUT2D eigenvalue weighted by atomic mass is 10.1. The monoisotopic (exact) mass is 463 g/mol. The molecule has 0 saturated carbocycles. The Labute approximate surface area is 202 Å². The Kier molecular flexibility index (Phi) is 5.97. The van der Waals surface area contributed by atoms with Crippen LogP contribution in [-0.4, -0.2) is 25.2 Å². The van der Waals surface area contributed by atoms with Gasteiger partial charge < -0.3 is 9.88 Å². The summed E-state index contributed by atoms with van der Waals surface area (Å²) in [5.41, 5.74) is 5.85. The maximum absolute atomic E-state index is 12.6. The first kappa shape index (κ1) is 22.3. The molecule has 7 heteroatoms. The third-order valence-electron chi connectivity index (χ3n) is 6.00. The Bertz CT molecular complexity index is 1580. The number of hydrogen-bond donors (Lipinski definition) is 1. The van der Waals surface area contributed by atoms with Crippen LogP contribution in [0.15, 0.2) is 89.7 Å². The van der Waals surface area contributed by atoms with E-state index in [0.29, 0.717) is 11.4 Å². The van der Waals surface area contributed by atoms with Crippen LogP contribution in [0, 0.1) is 13.8 Å². The van der Waals surface area contributed by atoms with Crippen LogP contribution in [0.1, 0.15) is 17.0 Å². The van der Waals surface area contributed by atoms with Gasteiger partial charge in [0.25, 0.3) is 5.56 Å². The van der Waals surface area contributed by atoms with Gasteiger partial charge >= 0.3 is 0 Å². The lowest BCUT2D eigenvalue weighted by molar-refractivity contribution is -0.117. The van der Waals surface area contributed by atoms with Crippen LogP contribution >= 0.6 is 0 Å². The molecule has 0 aliphatic rings. The van der Waals surface area contributed by atoms with Gasteiger partial charge in [0, 0.05) is 23.9 Å². The van der Waals surface area contributed by atoms with Crippen LogP contribution < -0.4 is 10.9 Å². The van der Waals surface area contributed by atoms with E-state index in [1.807, 2.05) is 74.5 Å². The number of nitrogens with zero attached hydrogens (tertiary/aromatic N) is 4. The second kappa shape index (κ2) is 9.38. The SMILES string of the molecule is Cc1ccccc1NC(=O)Cn1nc(-c2ccc3c(c2)nc(C)n3Cc2ccccc2)ccc1=O. The van der Waals surface area contributed by atoms with E-state index < -0.39 is 0 Å². The van der Waals surface area contributed by atoms with Crippen LogP contribution in [0.3, 0.4) is 0 Å². The minimum atomic E-state index is -0.335. The summed E-state index contributed by atoms with van der Waals surface area (Å²) in [5, 5.41) is 7.31. The van der Waals surface area contributed by atoms with E-state index in [0.717, 1.165) is 34.5 Å². The predicted octanol–water partition coefficient (Wildman–Crippen LogP) is 4.56. The number of carbonyl (C=O) groups excluding carboxylic acids is 1. The first-order chi connectivity index (χ1) is 17.0. The molecule has 5 aromatic rings. The quantitative estimate of drug-likeness (QED) is 0.400. The molecule has 0 bridgehead atoms. The van der Waals surface area contributed by atoms with Crippen LogP contribution in [0.4, 0.5) is 5.69 Å². The van der Waals surface area contributed by atoms with Gasteiger partial charge in [-0.2, -0.15) is 5.10 Å². The maximum Gasteiger partial charge on any atom is 0.267 e. The summed E-state index contributed by atoms with van der Waals surface area (Å²) in [5.74, 6) is 0.614. The largest absolute Gasteiger partial charge is 0.324 e. The highest BCUT2D eigenvalue weighted by molar-refractivity contribution is 5.91. The summed E-state index contributed by atoms with van der Waals surface area (Å²) in [6.45, 7) is 4.48. The van der Waals surface area contributed by atoms with Gasteiger partial charge in [-0.05, 0) is 49.2 Å². The van der Waals surface area contributed by atoms with Crippen LogP contribution in [0.5, 0.6) is 0 Å². The van der Waals surface area contributed by atoms with Gasteiger partial charge in [0.2, 0.25) is 5.91 Å². The van der Waals surface area contributed by atoms with E-state index in [2.05, 4.69) is 27.1 Å². The molecule has 0 aliphatic carbocycles. The van der Waals surface area contributed by atoms with E-state index >= 15 is 0 Å². The first-order valence-corrected chi connectivity index (χ1v) is 11.4. The van der Waals surface area contributed by atoms with Gasteiger partial charge in [-0.1, -0.05) is 54.6 Å². The van der Waals surface area contributed by atoms with Gasteiger partial charge in [0.05, 0.1) is 16.7 Å². The molecule has 1 amide bonds. The molecule has 0 unspecified atom stereocenters. The molecule has 0 fully saturated rings. The summed E-state index contributed by atoms with van der Waals surface area (Å²) >= 11 is 0. The predicted molar refractivity (Wildman–Crippen MR) is 137 cm³/mol. The highest BCUT2D eigenvalue weighted by Gasteiger charge is 2.12. The van der Waals surface area contributed by atoms with Crippen LogP contribution in [-0.2, 0) is 17.9 Å². The summed E-state index contributed by atoms with van der Waals surface area (Å²) in [4.78, 5) is 29.7. The second-order valence-corrected chi connectivity index (χ2v) is 8.51. The number of aromatic nitrogens is 4. The lowest BCUT2D eigenvalue weighted by Gasteiger charge is -2.10. The van der Waals surface area contributed by atoms with Gasteiger partial charge in [-0.15, -0.1) is 0 Å². The first-order valence-electron chi connectivity index (χ1n) is 11.4. The molecule has 3 aromatic carbocycles. The molecule has 1 N–H and O–H groups in total. The van der Waals surface area contributed by atoms with Crippen molar-refractivity contribution < 1.29 is 4.79 Å². The number of fused-ring (bicyclic) bond motifs is 1. The summed E-state index contributed by atoms with van der Waals surface area (Å²) in [7, 11) is 0. The van der Waals surface area contributed by atoms with E-state index in [9.17, 15) is 9.59 Å². The fraction of sp³-hybridized carbons (Fsp3) is 0.143. The zero-order valence-electron chi connectivity index (χ0n) is 19.6. The van der Waals surface area contributed by atoms with Crippen molar-refractivity contribution in [1.29, 1.82) is 0 Å². The van der Waals surface area contributed by atoms with Crippen molar-refractivity contribution in [1.82, 2.24) is 19.3 Å². The van der Waals surface area contributed by atoms with Crippen molar-refractivity contribution in [3.8, 4) is 11.3 Å². The topological polar surface area (TPSA) is 81.8 Å². The van der Waals surface area contributed by atoms with E-state index in [4.69, 9.17) is 4.98 Å². The average Bonchev–Trinajstić information content (AvgIpc) is 3.16. The molecule has 7 nitrogen and oxygen atoms in total. The molecule has 0 spiro atoms. The second-order valence-electron chi connectivity index (χ2n) is 8.51. The van der Waals surface area contributed by atoms with Crippen LogP contribution in [0.2, 0.25) is 0 Å². The Hall–Kier alpha value is -4.52. The lowest BCUT2D eigenvalue weighted by Crippen LogP contribution is -2.29. The number of para-hydroxylation sites is 1. The third-order valence-corrected chi connectivity index (χ3v) is 6.00. The number of carbonyl (C=O) groups is 1. The maximum atomic E-state index is 12.6. The number of nitrogens with one attached hydrogen (secondary N) is 1. The van der Waals surface area contributed by atoms with E-state index in [1.165, 1.54) is 16.3 Å². The summed E-state index contributed by atoms with van der Waals surface area (Å²) in [6, 6.07) is 26.8. The summed E-state index contributed by atoms with van der Waals surface area (Å²) < 4.78 is 3.37. The Morgan fingerprint density at radius 1 is 0.914 bits per heavy atom. The molecular weight excluding hydrogens is 438 g/mol. The number of anilines is 1. The van der Waals surface area contributed by atoms with Crippen molar-refractivity contribution in [2.75, 3.05) is 5.32 Å². The smallest absolute Gasteiger partial charge is 0.267 e. The number of benzene rings is 3. The van der Waals surface area contributed by atoms with Crippen molar-refractivity contribution in [3.63, 3.8) is 0 Å². The Balaban J connectivity index is 1.41. The molecule has 2 aromatic heterocycles. The van der Waals surface area contributed by atoms with Crippen molar-refractivity contribution >= 4 is 22.6 Å². The number of rotatable bonds is 6. The average molecular weight is 464 g/mol. The molecule has 2 heterocycles. The minimum Gasteiger partial charge on any atom is -0.324 e. The highest BCUT2D eigenvalue weighted by atomic mass is 16.2. The van der Waals surface area contributed by atoms with Crippen molar-refractivity contribution in [2.24, 2.45) is 0 Å². The van der Waals surface area contributed by atoms with E-state index in [-0.39, 0.29) is 18.0 Å². The molecular formula is C28H25N5O2. The number of hydrogen-bond acceptors (Lipinski definition) is 4. The van der Waals surface area contributed by atoms with Crippen molar-refractivity contribution in [2.45, 2.75) is 26.9 Å². The number of amides is 1. The molecule has 0 atom stereocenters. The highest BCUT2D eigenvalue weighted by Crippen LogP contribution is 2.24. The summed E-state index contributed by atoms with van der Waals surface area (Å²) in [6.07, 6.45) is 0. The molecule has 5 rings (SSSR count). The van der Waals surface area contributed by atoms with E-state index in [1.54, 1.807) is 6.07 Å². The Morgan fingerprint density at radius 2 is 1.69 bits per heavy atom. The van der Waals surface area contributed by atoms with Gasteiger partial charge in [0.1, 0.15) is 12.4 Å². The molecule has 174 valence electrons. The number of imidazole rings is 1. The molecule has 35 heavy (non-hydrogen) atoms. The normalized spacial score (nSPS) is 11.0. The van der Waals surface area contributed by atoms with Crippen LogP contribution in [0.25, 0.3) is 22.3 Å².